The van der Waals surface area contributed by atoms with Gasteiger partial charge in [-0.05, 0) is 17.5 Å². The van der Waals surface area contributed by atoms with Crippen molar-refractivity contribution in [2.45, 2.75) is 25.9 Å². The van der Waals surface area contributed by atoms with Crippen LogP contribution >= 0.6 is 0 Å². The molecule has 3 aromatic rings. The maximum Gasteiger partial charge on any atom is 0.240 e. The van der Waals surface area contributed by atoms with Crippen molar-refractivity contribution in [3.05, 3.63) is 83.5 Å². The fourth-order valence-electron chi connectivity index (χ4n) is 2.79. The molecule has 0 aliphatic heterocycles. The normalized spacial score (nSPS) is 11.1. The largest absolute Gasteiger partial charge is 0.338 e. The summed E-state index contributed by atoms with van der Waals surface area (Å²) < 4.78 is 5.42. The highest BCUT2D eigenvalue weighted by Crippen LogP contribution is 2.10. The van der Waals surface area contributed by atoms with Gasteiger partial charge in [0, 0.05) is 26.1 Å². The zero-order valence-corrected chi connectivity index (χ0v) is 14.3. The van der Waals surface area contributed by atoms with Crippen LogP contribution in [-0.4, -0.2) is 28.1 Å². The van der Waals surface area contributed by atoms with E-state index in [2.05, 4.69) is 39.3 Å². The quantitative estimate of drug-likeness (QED) is 0.651. The van der Waals surface area contributed by atoms with Gasteiger partial charge in [0.05, 0.1) is 6.54 Å². The van der Waals surface area contributed by atoms with Gasteiger partial charge in [0.15, 0.2) is 5.82 Å². The van der Waals surface area contributed by atoms with E-state index in [1.54, 1.807) is 0 Å². The van der Waals surface area contributed by atoms with Gasteiger partial charge in [0.25, 0.3) is 0 Å². The van der Waals surface area contributed by atoms with Gasteiger partial charge in [-0.3, -0.25) is 4.90 Å². The Balaban J connectivity index is 1.56. The molecule has 25 heavy (non-hydrogen) atoms. The Hall–Kier alpha value is -2.50. The molecule has 0 fully saturated rings. The Morgan fingerprint density at radius 1 is 0.840 bits per heavy atom. The van der Waals surface area contributed by atoms with Crippen molar-refractivity contribution in [2.24, 2.45) is 5.73 Å². The summed E-state index contributed by atoms with van der Waals surface area (Å²) in [5.74, 6) is 1.40. The topological polar surface area (TPSA) is 68.2 Å². The summed E-state index contributed by atoms with van der Waals surface area (Å²) in [6.07, 6.45) is 1.69. The Bertz CT molecular complexity index is 743. The van der Waals surface area contributed by atoms with E-state index in [9.17, 15) is 0 Å². The minimum atomic E-state index is 0.599. The standard InChI is InChI=1S/C20H24N4O/c21-13-14-24(15-18-9-5-2-6-10-18)16-20-22-19(23-25-20)12-11-17-7-3-1-4-8-17/h1-10H,11-16,21H2. The van der Waals surface area contributed by atoms with Gasteiger partial charge in [-0.1, -0.05) is 65.8 Å². The maximum absolute atomic E-state index is 5.75. The van der Waals surface area contributed by atoms with Gasteiger partial charge in [0.2, 0.25) is 5.89 Å². The van der Waals surface area contributed by atoms with Crippen molar-refractivity contribution in [1.29, 1.82) is 0 Å². The number of nitrogens with zero attached hydrogens (tertiary/aromatic N) is 3. The molecule has 0 aliphatic rings. The van der Waals surface area contributed by atoms with Crippen LogP contribution in [0, 0.1) is 0 Å². The van der Waals surface area contributed by atoms with Gasteiger partial charge in [0.1, 0.15) is 0 Å². The van der Waals surface area contributed by atoms with E-state index in [4.69, 9.17) is 10.3 Å². The lowest BCUT2D eigenvalue weighted by Crippen LogP contribution is -2.28. The van der Waals surface area contributed by atoms with Gasteiger partial charge in [-0.2, -0.15) is 4.98 Å². The van der Waals surface area contributed by atoms with Gasteiger partial charge >= 0.3 is 0 Å². The van der Waals surface area contributed by atoms with Gasteiger partial charge < -0.3 is 10.3 Å². The van der Waals surface area contributed by atoms with Crippen molar-refractivity contribution in [3.8, 4) is 0 Å². The molecular formula is C20H24N4O. The van der Waals surface area contributed by atoms with Crippen molar-refractivity contribution >= 4 is 0 Å². The lowest BCUT2D eigenvalue weighted by molar-refractivity contribution is 0.224. The highest BCUT2D eigenvalue weighted by molar-refractivity contribution is 5.16. The third-order valence-corrected chi connectivity index (χ3v) is 4.04. The van der Waals surface area contributed by atoms with Crippen LogP contribution in [0.25, 0.3) is 0 Å². The molecule has 0 bridgehead atoms. The molecule has 2 N–H and O–H groups in total. The van der Waals surface area contributed by atoms with Gasteiger partial charge in [-0.25, -0.2) is 0 Å². The summed E-state index contributed by atoms with van der Waals surface area (Å²) in [6, 6.07) is 20.7. The zero-order chi connectivity index (χ0) is 17.3. The summed E-state index contributed by atoms with van der Waals surface area (Å²) in [5, 5.41) is 4.11. The molecule has 2 aromatic carbocycles. The molecule has 0 unspecified atom stereocenters. The third-order valence-electron chi connectivity index (χ3n) is 4.04. The van der Waals surface area contributed by atoms with Crippen molar-refractivity contribution in [2.75, 3.05) is 13.1 Å². The Kier molecular flexibility index (Phi) is 6.31. The molecule has 0 radical (unpaired) electrons. The molecule has 1 heterocycles. The highest BCUT2D eigenvalue weighted by Gasteiger charge is 2.12. The second-order valence-electron chi connectivity index (χ2n) is 6.07. The first-order chi connectivity index (χ1) is 12.3. The summed E-state index contributed by atoms with van der Waals surface area (Å²) in [6.45, 7) is 2.82. The predicted octanol–water partition coefficient (Wildman–Crippen LogP) is 2.82. The summed E-state index contributed by atoms with van der Waals surface area (Å²) >= 11 is 0. The van der Waals surface area contributed by atoms with E-state index in [1.165, 1.54) is 11.1 Å². The number of aromatic nitrogens is 2. The van der Waals surface area contributed by atoms with Crippen LogP contribution in [0.2, 0.25) is 0 Å². The van der Waals surface area contributed by atoms with E-state index in [0.717, 1.165) is 31.8 Å². The lowest BCUT2D eigenvalue weighted by atomic mass is 10.1. The number of nitrogens with two attached hydrogens (primary N) is 1. The smallest absolute Gasteiger partial charge is 0.240 e. The number of aryl methyl sites for hydroxylation is 2. The molecule has 1 aromatic heterocycles. The molecule has 0 atom stereocenters. The van der Waals surface area contributed by atoms with Crippen LogP contribution in [-0.2, 0) is 25.9 Å². The van der Waals surface area contributed by atoms with Gasteiger partial charge in [-0.15, -0.1) is 0 Å². The minimum Gasteiger partial charge on any atom is -0.338 e. The zero-order valence-electron chi connectivity index (χ0n) is 14.3. The lowest BCUT2D eigenvalue weighted by Gasteiger charge is -2.19. The molecule has 5 nitrogen and oxygen atoms in total. The van der Waals surface area contributed by atoms with Crippen molar-refractivity contribution in [3.63, 3.8) is 0 Å². The highest BCUT2D eigenvalue weighted by atomic mass is 16.5. The fourth-order valence-corrected chi connectivity index (χ4v) is 2.79. The number of hydrogen-bond acceptors (Lipinski definition) is 5. The molecule has 130 valence electrons. The van der Waals surface area contributed by atoms with Crippen LogP contribution < -0.4 is 5.73 Å². The van der Waals surface area contributed by atoms with E-state index in [1.807, 2.05) is 36.4 Å². The van der Waals surface area contributed by atoms with Crippen LogP contribution in [0.3, 0.4) is 0 Å². The molecule has 5 heteroatoms. The first-order valence-corrected chi connectivity index (χ1v) is 8.65. The Morgan fingerprint density at radius 3 is 2.20 bits per heavy atom. The average molecular weight is 336 g/mol. The second-order valence-corrected chi connectivity index (χ2v) is 6.07. The maximum atomic E-state index is 5.75. The number of benzene rings is 2. The second kappa shape index (κ2) is 9.11. The Labute approximate surface area is 148 Å². The SMILES string of the molecule is NCCN(Cc1ccccc1)Cc1nc(CCc2ccccc2)no1. The summed E-state index contributed by atoms with van der Waals surface area (Å²) in [4.78, 5) is 6.75. The van der Waals surface area contributed by atoms with Crippen LogP contribution in [0.1, 0.15) is 22.8 Å². The predicted molar refractivity (Wildman–Crippen MR) is 97.8 cm³/mol. The summed E-state index contributed by atoms with van der Waals surface area (Å²) in [7, 11) is 0. The molecule has 0 saturated heterocycles. The van der Waals surface area contributed by atoms with Crippen molar-refractivity contribution < 1.29 is 4.52 Å². The molecule has 0 aliphatic carbocycles. The fraction of sp³-hybridized carbons (Fsp3) is 0.300. The molecule has 0 saturated carbocycles. The first-order valence-electron chi connectivity index (χ1n) is 8.65. The van der Waals surface area contributed by atoms with Crippen LogP contribution in [0.5, 0.6) is 0 Å². The monoisotopic (exact) mass is 336 g/mol. The Morgan fingerprint density at radius 2 is 1.52 bits per heavy atom. The summed E-state index contributed by atoms with van der Waals surface area (Å²) in [5.41, 5.74) is 8.28. The van der Waals surface area contributed by atoms with Crippen LogP contribution in [0.4, 0.5) is 0 Å². The molecule has 0 spiro atoms. The third kappa shape index (κ3) is 5.52. The first kappa shape index (κ1) is 17.3. The number of hydrogen-bond donors (Lipinski definition) is 1. The molecule has 3 rings (SSSR count). The van der Waals surface area contributed by atoms with E-state index in [-0.39, 0.29) is 0 Å². The number of rotatable bonds is 9. The van der Waals surface area contributed by atoms with Crippen molar-refractivity contribution in [1.82, 2.24) is 15.0 Å². The minimum absolute atomic E-state index is 0.599. The van der Waals surface area contributed by atoms with E-state index < -0.39 is 0 Å². The molecular weight excluding hydrogens is 312 g/mol. The molecule has 0 amide bonds. The average Bonchev–Trinajstić information content (AvgIpc) is 3.09. The van der Waals surface area contributed by atoms with Crippen LogP contribution in [0.15, 0.2) is 65.2 Å². The van der Waals surface area contributed by atoms with E-state index in [0.29, 0.717) is 19.0 Å². The van der Waals surface area contributed by atoms with E-state index >= 15 is 0 Å².